The molecule has 1 aromatic heterocycles. The van der Waals surface area contributed by atoms with Gasteiger partial charge in [-0.1, -0.05) is 11.6 Å². The summed E-state index contributed by atoms with van der Waals surface area (Å²) >= 11 is 6.16. The molecule has 0 N–H and O–H groups in total. The zero-order valence-corrected chi connectivity index (χ0v) is 13.2. The van der Waals surface area contributed by atoms with E-state index < -0.39 is 6.29 Å². The zero-order valence-electron chi connectivity index (χ0n) is 12.5. The predicted molar refractivity (Wildman–Crippen MR) is 80.6 cm³/mol. The van der Waals surface area contributed by atoms with Crippen LogP contribution in [0, 0.1) is 11.3 Å². The molecule has 0 atom stereocenters. The molecule has 0 saturated carbocycles. The van der Waals surface area contributed by atoms with Gasteiger partial charge in [-0.25, -0.2) is 4.98 Å². The third kappa shape index (κ3) is 3.47. The van der Waals surface area contributed by atoms with Crippen molar-refractivity contribution in [3.05, 3.63) is 22.8 Å². The largest absolute Gasteiger partial charge is 0.352 e. The monoisotopic (exact) mass is 324 g/mol. The minimum atomic E-state index is -0.872. The number of hydrogen-bond acceptors (Lipinski definition) is 6. The first-order valence-corrected chi connectivity index (χ1v) is 7.13. The fraction of sp³-hybridized carbons (Fsp3) is 0.500. The normalized spacial score (nSPS) is 15.0. The van der Waals surface area contributed by atoms with Gasteiger partial charge in [0.05, 0.1) is 10.6 Å². The van der Waals surface area contributed by atoms with Gasteiger partial charge in [0.25, 0.3) is 5.91 Å². The second-order valence-corrected chi connectivity index (χ2v) is 5.16. The fourth-order valence-corrected chi connectivity index (χ4v) is 2.60. The van der Waals surface area contributed by atoms with E-state index in [0.29, 0.717) is 42.6 Å². The molecule has 1 aromatic rings. The summed E-state index contributed by atoms with van der Waals surface area (Å²) in [6, 6.07) is 3.59. The molecule has 8 heteroatoms. The lowest BCUT2D eigenvalue weighted by atomic mass is 10.2. The summed E-state index contributed by atoms with van der Waals surface area (Å²) < 4.78 is 9.96. The average Bonchev–Trinajstić information content (AvgIpc) is 2.56. The Balaban J connectivity index is 2.00. The highest BCUT2D eigenvalue weighted by atomic mass is 35.5. The van der Waals surface area contributed by atoms with Gasteiger partial charge < -0.3 is 19.3 Å². The van der Waals surface area contributed by atoms with Crippen molar-refractivity contribution < 1.29 is 14.3 Å². The third-order valence-corrected chi connectivity index (χ3v) is 3.75. The quantitative estimate of drug-likeness (QED) is 0.765. The van der Waals surface area contributed by atoms with Crippen molar-refractivity contribution >= 4 is 23.3 Å². The lowest BCUT2D eigenvalue weighted by Gasteiger charge is -2.36. The van der Waals surface area contributed by atoms with E-state index >= 15 is 0 Å². The van der Waals surface area contributed by atoms with Crippen LogP contribution >= 0.6 is 11.6 Å². The Morgan fingerprint density at radius 3 is 2.50 bits per heavy atom. The van der Waals surface area contributed by atoms with Gasteiger partial charge in [-0.2, -0.15) is 5.26 Å². The third-order valence-electron chi connectivity index (χ3n) is 3.47. The maximum atomic E-state index is 12.1. The summed E-state index contributed by atoms with van der Waals surface area (Å²) in [5, 5.41) is 9.26. The van der Waals surface area contributed by atoms with Gasteiger partial charge in [0.15, 0.2) is 0 Å². The van der Waals surface area contributed by atoms with Crippen molar-refractivity contribution in [3.63, 3.8) is 0 Å². The number of pyridine rings is 1. The summed E-state index contributed by atoms with van der Waals surface area (Å²) in [7, 11) is 2.87. The van der Waals surface area contributed by atoms with Gasteiger partial charge in [0, 0.05) is 46.6 Å². The number of rotatable bonds is 4. The molecule has 1 fully saturated rings. The summed E-state index contributed by atoms with van der Waals surface area (Å²) in [6.45, 7) is 2.26. The van der Waals surface area contributed by atoms with Crippen molar-refractivity contribution in [2.75, 3.05) is 45.3 Å². The van der Waals surface area contributed by atoms with Gasteiger partial charge in [-0.15, -0.1) is 0 Å². The van der Waals surface area contributed by atoms with Crippen molar-refractivity contribution in [2.24, 2.45) is 0 Å². The summed E-state index contributed by atoms with van der Waals surface area (Å²) in [5.74, 6) is 0.436. The second kappa shape index (κ2) is 7.40. The molecular weight excluding hydrogens is 308 g/mol. The van der Waals surface area contributed by atoms with Crippen LogP contribution in [0.3, 0.4) is 0 Å². The van der Waals surface area contributed by atoms with Crippen LogP contribution < -0.4 is 4.90 Å². The molecular formula is C14H17ClN4O3. The number of halogens is 1. The fourth-order valence-electron chi connectivity index (χ4n) is 2.31. The van der Waals surface area contributed by atoms with Gasteiger partial charge in [-0.3, -0.25) is 4.79 Å². The van der Waals surface area contributed by atoms with E-state index in [9.17, 15) is 4.79 Å². The highest BCUT2D eigenvalue weighted by molar-refractivity contribution is 6.33. The number of ether oxygens (including phenoxy) is 2. The number of nitriles is 1. The van der Waals surface area contributed by atoms with Crippen molar-refractivity contribution in [1.82, 2.24) is 9.88 Å². The smallest absolute Gasteiger partial charge is 0.279 e. The first-order valence-electron chi connectivity index (χ1n) is 6.75. The molecule has 1 aliphatic rings. The number of piperazine rings is 1. The standard InChI is InChI=1S/C14H17ClN4O3/c1-21-14(22-2)13(20)19-5-3-18(4-6-19)12-11(15)7-10(8-16)9-17-12/h7,9,14H,3-6H2,1-2H3. The van der Waals surface area contributed by atoms with Crippen molar-refractivity contribution in [1.29, 1.82) is 5.26 Å². The molecule has 0 spiro atoms. The van der Waals surface area contributed by atoms with E-state index in [1.54, 1.807) is 11.0 Å². The van der Waals surface area contributed by atoms with Crippen LogP contribution in [0.15, 0.2) is 12.3 Å². The van der Waals surface area contributed by atoms with Crippen LogP contribution in [0.1, 0.15) is 5.56 Å². The van der Waals surface area contributed by atoms with E-state index in [2.05, 4.69) is 4.98 Å². The number of hydrogen-bond donors (Lipinski definition) is 0. The van der Waals surface area contributed by atoms with Gasteiger partial charge in [-0.05, 0) is 6.07 Å². The molecule has 7 nitrogen and oxygen atoms in total. The Morgan fingerprint density at radius 1 is 1.36 bits per heavy atom. The SMILES string of the molecule is COC(OC)C(=O)N1CCN(c2ncc(C#N)cc2Cl)CC1. The molecule has 2 heterocycles. The van der Waals surface area contributed by atoms with Crippen LogP contribution in [0.5, 0.6) is 0 Å². The molecule has 0 bridgehead atoms. The highest BCUT2D eigenvalue weighted by Crippen LogP contribution is 2.25. The lowest BCUT2D eigenvalue weighted by Crippen LogP contribution is -2.52. The molecule has 0 unspecified atom stereocenters. The molecule has 118 valence electrons. The minimum Gasteiger partial charge on any atom is -0.352 e. The zero-order chi connectivity index (χ0) is 16.1. The molecule has 0 aliphatic carbocycles. The van der Waals surface area contributed by atoms with Gasteiger partial charge in [0.2, 0.25) is 6.29 Å². The molecule has 1 aliphatic heterocycles. The van der Waals surface area contributed by atoms with Crippen molar-refractivity contribution in [2.45, 2.75) is 6.29 Å². The Labute approximate surface area is 134 Å². The van der Waals surface area contributed by atoms with Crippen LogP contribution in [0.4, 0.5) is 5.82 Å². The van der Waals surface area contributed by atoms with Crippen LogP contribution in [-0.4, -0.2) is 62.5 Å². The average molecular weight is 325 g/mol. The van der Waals surface area contributed by atoms with Crippen LogP contribution in [0.25, 0.3) is 0 Å². The maximum Gasteiger partial charge on any atom is 0.279 e. The van der Waals surface area contributed by atoms with Crippen molar-refractivity contribution in [3.8, 4) is 6.07 Å². The lowest BCUT2D eigenvalue weighted by molar-refractivity contribution is -0.170. The topological polar surface area (TPSA) is 78.7 Å². The first kappa shape index (κ1) is 16.5. The maximum absolute atomic E-state index is 12.1. The van der Waals surface area contributed by atoms with Crippen LogP contribution in [-0.2, 0) is 14.3 Å². The summed E-state index contributed by atoms with van der Waals surface area (Å²) in [5.41, 5.74) is 0.422. The number of amides is 1. The van der Waals surface area contributed by atoms with E-state index in [1.165, 1.54) is 20.4 Å². The van der Waals surface area contributed by atoms with Crippen LogP contribution in [0.2, 0.25) is 5.02 Å². The first-order chi connectivity index (χ1) is 10.6. The molecule has 22 heavy (non-hydrogen) atoms. The Kier molecular flexibility index (Phi) is 5.55. The number of carbonyl (C=O) groups is 1. The molecule has 2 rings (SSSR count). The minimum absolute atomic E-state index is 0.191. The molecule has 1 amide bonds. The number of carbonyl (C=O) groups excluding carboxylic acids is 1. The summed E-state index contributed by atoms with van der Waals surface area (Å²) in [4.78, 5) is 20.0. The van der Waals surface area contributed by atoms with E-state index in [-0.39, 0.29) is 5.91 Å². The number of aromatic nitrogens is 1. The predicted octanol–water partition coefficient (Wildman–Crippen LogP) is 0.874. The summed E-state index contributed by atoms with van der Waals surface area (Å²) in [6.07, 6.45) is 0.619. The number of nitrogens with zero attached hydrogens (tertiary/aromatic N) is 4. The Hall–Kier alpha value is -1.88. The Morgan fingerprint density at radius 2 is 2.00 bits per heavy atom. The molecule has 0 radical (unpaired) electrons. The van der Waals surface area contributed by atoms with E-state index in [4.69, 9.17) is 26.3 Å². The number of anilines is 1. The molecule has 1 saturated heterocycles. The van der Waals surface area contributed by atoms with E-state index in [1.807, 2.05) is 11.0 Å². The highest BCUT2D eigenvalue weighted by Gasteiger charge is 2.28. The van der Waals surface area contributed by atoms with E-state index in [0.717, 1.165) is 0 Å². The molecule has 0 aromatic carbocycles. The van der Waals surface area contributed by atoms with Gasteiger partial charge in [0.1, 0.15) is 11.9 Å². The van der Waals surface area contributed by atoms with Gasteiger partial charge >= 0.3 is 0 Å². The Bertz CT molecular complexity index is 578. The second-order valence-electron chi connectivity index (χ2n) is 4.76. The number of methoxy groups -OCH3 is 2.